The van der Waals surface area contributed by atoms with E-state index in [1.54, 1.807) is 0 Å². The van der Waals surface area contributed by atoms with Crippen LogP contribution in [0.3, 0.4) is 0 Å². The molecule has 2 aliphatic heterocycles. The lowest BCUT2D eigenvalue weighted by molar-refractivity contribution is -0.136. The van der Waals surface area contributed by atoms with Crippen LogP contribution in [0.15, 0.2) is 36.4 Å². The first kappa shape index (κ1) is 18.1. The van der Waals surface area contributed by atoms with Gasteiger partial charge < -0.3 is 14.6 Å². The van der Waals surface area contributed by atoms with E-state index >= 15 is 0 Å². The molecule has 0 amide bonds. The molecule has 4 rings (SSSR count). The monoisotopic (exact) mass is 387 g/mol. The van der Waals surface area contributed by atoms with Crippen LogP contribution in [0, 0.1) is 5.92 Å². The van der Waals surface area contributed by atoms with Gasteiger partial charge in [-0.25, -0.2) is 0 Å². The molecule has 0 saturated carbocycles. The smallest absolute Gasteiger partial charge is 0.307 e. The maximum atomic E-state index is 10.8. The van der Waals surface area contributed by atoms with E-state index in [0.717, 1.165) is 60.1 Å². The predicted molar refractivity (Wildman–Crippen MR) is 102 cm³/mol. The number of likely N-dealkylation sites (tertiary alicyclic amines) is 1. The quantitative estimate of drug-likeness (QED) is 0.817. The van der Waals surface area contributed by atoms with Gasteiger partial charge in [0.25, 0.3) is 0 Å². The summed E-state index contributed by atoms with van der Waals surface area (Å²) in [5, 5.41) is 9.58. The molecule has 0 bridgehead atoms. The molecule has 1 unspecified atom stereocenters. The lowest BCUT2D eigenvalue weighted by atomic mass is 9.97. The molecule has 27 heavy (non-hydrogen) atoms. The number of aliphatic carboxylic acids is 1. The molecule has 1 saturated heterocycles. The number of carbonyl (C=O) groups is 1. The first-order valence-electron chi connectivity index (χ1n) is 9.17. The van der Waals surface area contributed by atoms with Gasteiger partial charge in [-0.05, 0) is 48.1 Å². The van der Waals surface area contributed by atoms with Gasteiger partial charge in [0.05, 0.1) is 6.42 Å². The Morgan fingerprint density at radius 1 is 1.15 bits per heavy atom. The minimum atomic E-state index is -0.795. The van der Waals surface area contributed by atoms with Gasteiger partial charge in [0.1, 0.15) is 0 Å². The van der Waals surface area contributed by atoms with Gasteiger partial charge in [0.15, 0.2) is 11.5 Å². The van der Waals surface area contributed by atoms with Crippen LogP contribution >= 0.6 is 11.6 Å². The molecule has 142 valence electrons. The van der Waals surface area contributed by atoms with E-state index in [1.807, 2.05) is 24.3 Å². The molecule has 6 heteroatoms. The van der Waals surface area contributed by atoms with Crippen LogP contribution in [0.1, 0.15) is 23.1 Å². The average Bonchev–Trinajstić information content (AvgIpc) is 3.26. The maximum absolute atomic E-state index is 10.8. The summed E-state index contributed by atoms with van der Waals surface area (Å²) in [6.07, 6.45) is 2.24. The van der Waals surface area contributed by atoms with E-state index < -0.39 is 5.97 Å². The molecule has 2 aliphatic rings. The molecule has 5 nitrogen and oxygen atoms in total. The Labute approximate surface area is 163 Å². The molecule has 0 aliphatic carbocycles. The lowest BCUT2D eigenvalue weighted by Gasteiger charge is -2.17. The van der Waals surface area contributed by atoms with Crippen molar-refractivity contribution in [3.05, 3.63) is 58.1 Å². The van der Waals surface area contributed by atoms with Crippen molar-refractivity contribution in [2.75, 3.05) is 19.9 Å². The second-order valence-electron chi connectivity index (χ2n) is 7.28. The van der Waals surface area contributed by atoms with E-state index in [2.05, 4.69) is 17.0 Å². The number of carboxylic acid groups (broad SMARTS) is 1. The van der Waals surface area contributed by atoms with Crippen molar-refractivity contribution in [1.82, 2.24) is 4.90 Å². The molecule has 1 fully saturated rings. The minimum absolute atomic E-state index is 0.0772. The summed E-state index contributed by atoms with van der Waals surface area (Å²) >= 11 is 6.40. The van der Waals surface area contributed by atoms with Crippen molar-refractivity contribution in [3.8, 4) is 11.5 Å². The van der Waals surface area contributed by atoms with Gasteiger partial charge in [-0.2, -0.15) is 0 Å². The highest BCUT2D eigenvalue weighted by molar-refractivity contribution is 6.31. The number of fused-ring (bicyclic) bond motifs is 1. The van der Waals surface area contributed by atoms with Crippen LogP contribution in [0.4, 0.5) is 0 Å². The normalized spacial score (nSPS) is 18.8. The summed E-state index contributed by atoms with van der Waals surface area (Å²) in [7, 11) is 0. The SMILES string of the molecule is O=C(O)Cc1ccc(CC2CCN(Cc3cc4c(cc3Cl)OCO4)C2)cc1. The number of nitrogens with zero attached hydrogens (tertiary/aromatic N) is 1. The Morgan fingerprint density at radius 3 is 2.59 bits per heavy atom. The number of hydrogen-bond donors (Lipinski definition) is 1. The highest BCUT2D eigenvalue weighted by Crippen LogP contribution is 2.37. The summed E-state index contributed by atoms with van der Waals surface area (Å²) in [5.41, 5.74) is 3.17. The van der Waals surface area contributed by atoms with E-state index in [4.69, 9.17) is 26.2 Å². The van der Waals surface area contributed by atoms with Crippen molar-refractivity contribution in [2.24, 2.45) is 5.92 Å². The highest BCUT2D eigenvalue weighted by atomic mass is 35.5. The number of hydrogen-bond acceptors (Lipinski definition) is 4. The van der Waals surface area contributed by atoms with Crippen LogP contribution in [-0.2, 0) is 24.2 Å². The fraction of sp³-hybridized carbons (Fsp3) is 0.381. The van der Waals surface area contributed by atoms with Crippen LogP contribution in [-0.4, -0.2) is 35.9 Å². The Bertz CT molecular complexity index is 837. The fourth-order valence-electron chi connectivity index (χ4n) is 3.85. The van der Waals surface area contributed by atoms with Crippen molar-refractivity contribution < 1.29 is 19.4 Å². The highest BCUT2D eigenvalue weighted by Gasteiger charge is 2.24. The molecule has 1 N–H and O–H groups in total. The van der Waals surface area contributed by atoms with Gasteiger partial charge in [-0.1, -0.05) is 35.9 Å². The van der Waals surface area contributed by atoms with Gasteiger partial charge in [0.2, 0.25) is 6.79 Å². The maximum Gasteiger partial charge on any atom is 0.307 e. The topological polar surface area (TPSA) is 59.0 Å². The van der Waals surface area contributed by atoms with E-state index in [1.165, 1.54) is 5.56 Å². The van der Waals surface area contributed by atoms with E-state index in [9.17, 15) is 4.79 Å². The van der Waals surface area contributed by atoms with Crippen LogP contribution in [0.25, 0.3) is 0 Å². The third-order valence-corrected chi connectivity index (χ3v) is 5.56. The second-order valence-corrected chi connectivity index (χ2v) is 7.69. The minimum Gasteiger partial charge on any atom is -0.481 e. The third kappa shape index (κ3) is 4.37. The van der Waals surface area contributed by atoms with Crippen LogP contribution in [0.2, 0.25) is 5.02 Å². The lowest BCUT2D eigenvalue weighted by Crippen LogP contribution is -2.20. The number of carboxylic acids is 1. The largest absolute Gasteiger partial charge is 0.481 e. The molecule has 2 aromatic rings. The number of rotatable bonds is 6. The zero-order valence-electron chi connectivity index (χ0n) is 15.0. The molecular formula is C21H22ClNO4. The van der Waals surface area contributed by atoms with Crippen LogP contribution < -0.4 is 9.47 Å². The molecular weight excluding hydrogens is 366 g/mol. The Morgan fingerprint density at radius 2 is 1.85 bits per heavy atom. The standard InChI is InChI=1S/C21H22ClNO4/c22-18-10-20-19(26-13-27-20)9-17(18)12-23-6-5-16(11-23)7-14-1-3-15(4-2-14)8-21(24)25/h1-4,9-10,16H,5-8,11-13H2,(H,24,25). The summed E-state index contributed by atoms with van der Waals surface area (Å²) in [5.74, 6) is 1.29. The van der Waals surface area contributed by atoms with Crippen molar-refractivity contribution >= 4 is 17.6 Å². The number of benzene rings is 2. The zero-order chi connectivity index (χ0) is 18.8. The molecule has 1 atom stereocenters. The summed E-state index contributed by atoms with van der Waals surface area (Å²) in [4.78, 5) is 13.2. The van der Waals surface area contributed by atoms with Gasteiger partial charge >= 0.3 is 5.97 Å². The Hall–Kier alpha value is -2.24. The summed E-state index contributed by atoms with van der Waals surface area (Å²) < 4.78 is 10.8. The predicted octanol–water partition coefficient (Wildman–Crippen LogP) is 3.76. The zero-order valence-corrected chi connectivity index (χ0v) is 15.7. The molecule has 2 heterocycles. The second kappa shape index (κ2) is 7.79. The summed E-state index contributed by atoms with van der Waals surface area (Å²) in [6, 6.07) is 11.8. The third-order valence-electron chi connectivity index (χ3n) is 5.21. The molecule has 0 radical (unpaired) electrons. The average molecular weight is 388 g/mol. The van der Waals surface area contributed by atoms with Crippen LogP contribution in [0.5, 0.6) is 11.5 Å². The molecule has 0 aromatic heterocycles. The molecule has 0 spiro atoms. The van der Waals surface area contributed by atoms with Gasteiger partial charge in [-0.15, -0.1) is 0 Å². The van der Waals surface area contributed by atoms with Gasteiger partial charge in [0, 0.05) is 24.2 Å². The Kier molecular flexibility index (Phi) is 5.23. The number of halogens is 1. The fourth-order valence-corrected chi connectivity index (χ4v) is 4.06. The van der Waals surface area contributed by atoms with Crippen molar-refractivity contribution in [3.63, 3.8) is 0 Å². The Balaban J connectivity index is 1.33. The van der Waals surface area contributed by atoms with Crippen molar-refractivity contribution in [2.45, 2.75) is 25.8 Å². The first-order valence-corrected chi connectivity index (χ1v) is 9.54. The summed E-state index contributed by atoms with van der Waals surface area (Å²) in [6.45, 7) is 3.14. The van der Waals surface area contributed by atoms with E-state index in [0.29, 0.717) is 5.92 Å². The first-order chi connectivity index (χ1) is 13.1. The number of ether oxygens (including phenoxy) is 2. The van der Waals surface area contributed by atoms with Crippen molar-refractivity contribution in [1.29, 1.82) is 0 Å². The molecule has 2 aromatic carbocycles. The van der Waals surface area contributed by atoms with E-state index in [-0.39, 0.29) is 13.2 Å². The van der Waals surface area contributed by atoms with Gasteiger partial charge in [-0.3, -0.25) is 9.69 Å².